The molecule has 1 fully saturated rings. The van der Waals surface area contributed by atoms with Crippen LogP contribution < -0.4 is 10.2 Å². The van der Waals surface area contributed by atoms with Gasteiger partial charge in [-0.2, -0.15) is 5.10 Å². The fraction of sp³-hybridized carbons (Fsp3) is 0.273. The summed E-state index contributed by atoms with van der Waals surface area (Å²) in [7, 11) is 0. The maximum absolute atomic E-state index is 4.42. The quantitative estimate of drug-likeness (QED) is 0.536. The van der Waals surface area contributed by atoms with E-state index in [4.69, 9.17) is 0 Å². The lowest BCUT2D eigenvalue weighted by atomic mass is 9.97. The van der Waals surface area contributed by atoms with Gasteiger partial charge in [0.1, 0.15) is 5.52 Å². The van der Waals surface area contributed by atoms with Crippen LogP contribution in [0.4, 0.5) is 17.2 Å². The van der Waals surface area contributed by atoms with Crippen LogP contribution in [0.15, 0.2) is 54.7 Å². The number of hydrogen-bond acceptors (Lipinski definition) is 4. The molecule has 1 aliphatic rings. The maximum Gasteiger partial charge on any atom is 0.178 e. The SMILES string of the molecule is CC1CCN(c2cccc3cc(Nc4n[nH]c5cccnc45)ccc23)CC1. The second kappa shape index (κ2) is 6.58. The summed E-state index contributed by atoms with van der Waals surface area (Å²) in [4.78, 5) is 6.95. The van der Waals surface area contributed by atoms with Gasteiger partial charge in [0.2, 0.25) is 0 Å². The molecule has 5 rings (SSSR count). The number of hydrogen-bond donors (Lipinski definition) is 2. The summed E-state index contributed by atoms with van der Waals surface area (Å²) >= 11 is 0. The molecule has 5 nitrogen and oxygen atoms in total. The maximum atomic E-state index is 4.42. The molecule has 2 aromatic heterocycles. The van der Waals surface area contributed by atoms with E-state index >= 15 is 0 Å². The van der Waals surface area contributed by atoms with Crippen molar-refractivity contribution in [1.82, 2.24) is 15.2 Å². The fourth-order valence-electron chi connectivity index (χ4n) is 3.95. The third-order valence-corrected chi connectivity index (χ3v) is 5.56. The van der Waals surface area contributed by atoms with Gasteiger partial charge < -0.3 is 10.2 Å². The van der Waals surface area contributed by atoms with Gasteiger partial charge in [0.05, 0.1) is 5.52 Å². The standard InChI is InChI=1S/C22H23N5/c1-15-9-12-27(13-10-15)20-6-2-4-16-14-17(7-8-18(16)20)24-22-21-19(25-26-22)5-3-11-23-21/h2-8,11,14-15H,9-10,12-13H2,1H3,(H2,24,25,26). The van der Waals surface area contributed by atoms with Crippen LogP contribution in [-0.2, 0) is 0 Å². The highest BCUT2D eigenvalue weighted by molar-refractivity contribution is 5.97. The van der Waals surface area contributed by atoms with Crippen LogP contribution in [0.5, 0.6) is 0 Å². The van der Waals surface area contributed by atoms with Crippen LogP contribution in [0.2, 0.25) is 0 Å². The lowest BCUT2D eigenvalue weighted by Crippen LogP contribution is -2.32. The van der Waals surface area contributed by atoms with Gasteiger partial charge in [-0.25, -0.2) is 0 Å². The van der Waals surface area contributed by atoms with E-state index in [1.54, 1.807) is 6.20 Å². The minimum absolute atomic E-state index is 0.756. The molecule has 1 saturated heterocycles. The Morgan fingerprint density at radius 1 is 1.07 bits per heavy atom. The summed E-state index contributed by atoms with van der Waals surface area (Å²) in [6, 6.07) is 17.0. The van der Waals surface area contributed by atoms with E-state index in [1.165, 1.54) is 29.3 Å². The van der Waals surface area contributed by atoms with E-state index < -0.39 is 0 Å². The van der Waals surface area contributed by atoms with E-state index in [0.717, 1.165) is 41.5 Å². The summed E-state index contributed by atoms with van der Waals surface area (Å²) in [5, 5.41) is 13.3. The second-order valence-electron chi connectivity index (χ2n) is 7.48. The van der Waals surface area contributed by atoms with Gasteiger partial charge in [-0.05, 0) is 54.5 Å². The van der Waals surface area contributed by atoms with E-state index in [9.17, 15) is 0 Å². The van der Waals surface area contributed by atoms with Gasteiger partial charge in [-0.3, -0.25) is 10.1 Å². The van der Waals surface area contributed by atoms with E-state index in [2.05, 4.69) is 68.7 Å². The Bertz CT molecular complexity index is 1090. The van der Waals surface area contributed by atoms with Gasteiger partial charge in [0, 0.05) is 36.0 Å². The van der Waals surface area contributed by atoms with Crippen LogP contribution in [0.25, 0.3) is 21.8 Å². The molecule has 1 aliphatic heterocycles. The molecule has 0 radical (unpaired) electrons. The number of anilines is 3. The van der Waals surface area contributed by atoms with Crippen molar-refractivity contribution in [2.45, 2.75) is 19.8 Å². The Morgan fingerprint density at radius 3 is 2.85 bits per heavy atom. The molecular formula is C22H23N5. The first-order chi connectivity index (χ1) is 13.3. The first-order valence-electron chi connectivity index (χ1n) is 9.62. The van der Waals surface area contributed by atoms with Gasteiger partial charge >= 0.3 is 0 Å². The molecule has 2 N–H and O–H groups in total. The van der Waals surface area contributed by atoms with Crippen molar-refractivity contribution in [2.75, 3.05) is 23.3 Å². The summed E-state index contributed by atoms with van der Waals surface area (Å²) in [6.07, 6.45) is 4.33. The summed E-state index contributed by atoms with van der Waals surface area (Å²) < 4.78 is 0. The predicted molar refractivity (Wildman–Crippen MR) is 112 cm³/mol. The monoisotopic (exact) mass is 357 g/mol. The molecular weight excluding hydrogens is 334 g/mol. The largest absolute Gasteiger partial charge is 0.371 e. The fourth-order valence-corrected chi connectivity index (χ4v) is 3.95. The van der Waals surface area contributed by atoms with Crippen LogP contribution in [0.1, 0.15) is 19.8 Å². The zero-order chi connectivity index (χ0) is 18.2. The van der Waals surface area contributed by atoms with Gasteiger partial charge in [-0.15, -0.1) is 0 Å². The van der Waals surface area contributed by atoms with Crippen molar-refractivity contribution in [3.05, 3.63) is 54.7 Å². The highest BCUT2D eigenvalue weighted by atomic mass is 15.2. The van der Waals surface area contributed by atoms with Crippen molar-refractivity contribution in [1.29, 1.82) is 0 Å². The van der Waals surface area contributed by atoms with Gasteiger partial charge in [0.15, 0.2) is 5.82 Å². The molecule has 0 amide bonds. The van der Waals surface area contributed by atoms with Crippen molar-refractivity contribution >= 4 is 39.0 Å². The van der Waals surface area contributed by atoms with Crippen LogP contribution in [0.3, 0.4) is 0 Å². The van der Waals surface area contributed by atoms with Crippen LogP contribution in [0, 0.1) is 5.92 Å². The number of aromatic amines is 1. The lowest BCUT2D eigenvalue weighted by molar-refractivity contribution is 0.439. The lowest BCUT2D eigenvalue weighted by Gasteiger charge is -2.33. The Kier molecular flexibility index (Phi) is 3.93. The van der Waals surface area contributed by atoms with E-state index in [0.29, 0.717) is 0 Å². The minimum Gasteiger partial charge on any atom is -0.371 e. The first-order valence-corrected chi connectivity index (χ1v) is 9.62. The summed E-state index contributed by atoms with van der Waals surface area (Å²) in [5.74, 6) is 1.59. The number of H-pyrrole nitrogens is 1. The smallest absolute Gasteiger partial charge is 0.178 e. The zero-order valence-electron chi connectivity index (χ0n) is 15.4. The molecule has 0 aliphatic carbocycles. The number of benzene rings is 2. The Balaban J connectivity index is 1.47. The number of fused-ring (bicyclic) bond motifs is 2. The predicted octanol–water partition coefficient (Wildman–Crippen LogP) is 5.09. The molecule has 4 aromatic rings. The van der Waals surface area contributed by atoms with Crippen molar-refractivity contribution in [3.8, 4) is 0 Å². The Hall–Kier alpha value is -3.08. The second-order valence-corrected chi connectivity index (χ2v) is 7.48. The first kappa shape index (κ1) is 16.1. The average molecular weight is 357 g/mol. The van der Waals surface area contributed by atoms with E-state index in [1.807, 2.05) is 12.1 Å². The molecule has 0 bridgehead atoms. The molecule has 0 atom stereocenters. The highest BCUT2D eigenvalue weighted by Gasteiger charge is 2.17. The molecule has 0 saturated carbocycles. The van der Waals surface area contributed by atoms with Crippen LogP contribution >= 0.6 is 0 Å². The topological polar surface area (TPSA) is 56.8 Å². The molecule has 0 unspecified atom stereocenters. The number of nitrogens with zero attached hydrogens (tertiary/aromatic N) is 3. The Morgan fingerprint density at radius 2 is 1.96 bits per heavy atom. The number of pyridine rings is 1. The number of piperidine rings is 1. The number of aromatic nitrogens is 3. The summed E-state index contributed by atoms with van der Waals surface area (Å²) in [5.41, 5.74) is 4.15. The number of rotatable bonds is 3. The molecule has 5 heteroatoms. The zero-order valence-corrected chi connectivity index (χ0v) is 15.4. The van der Waals surface area contributed by atoms with E-state index in [-0.39, 0.29) is 0 Å². The normalized spacial score (nSPS) is 15.5. The van der Waals surface area contributed by atoms with Gasteiger partial charge in [-0.1, -0.05) is 25.1 Å². The summed E-state index contributed by atoms with van der Waals surface area (Å²) in [6.45, 7) is 4.64. The van der Waals surface area contributed by atoms with Crippen LogP contribution in [-0.4, -0.2) is 28.3 Å². The number of nitrogens with one attached hydrogen (secondary N) is 2. The Labute approximate surface area is 158 Å². The molecule has 2 aromatic carbocycles. The third-order valence-electron chi connectivity index (χ3n) is 5.56. The molecule has 0 spiro atoms. The van der Waals surface area contributed by atoms with Gasteiger partial charge in [0.25, 0.3) is 0 Å². The molecule has 27 heavy (non-hydrogen) atoms. The molecule has 136 valence electrons. The third kappa shape index (κ3) is 2.99. The van der Waals surface area contributed by atoms with Crippen molar-refractivity contribution < 1.29 is 0 Å². The average Bonchev–Trinajstić information content (AvgIpc) is 3.11. The highest BCUT2D eigenvalue weighted by Crippen LogP contribution is 2.32. The minimum atomic E-state index is 0.756. The molecule has 3 heterocycles. The van der Waals surface area contributed by atoms with Crippen molar-refractivity contribution in [3.63, 3.8) is 0 Å². The van der Waals surface area contributed by atoms with Crippen molar-refractivity contribution in [2.24, 2.45) is 5.92 Å².